The SMILES string of the molecule is O=C(CSc1cccc(Cl)c1)N1CCN(S(=O)(=O)c2ccccc2)CC1. The molecule has 5 nitrogen and oxygen atoms in total. The molecule has 1 heterocycles. The molecule has 0 unspecified atom stereocenters. The maximum Gasteiger partial charge on any atom is 0.243 e. The van der Waals surface area contributed by atoms with Crippen LogP contribution in [0.5, 0.6) is 0 Å². The van der Waals surface area contributed by atoms with Crippen LogP contribution >= 0.6 is 23.4 Å². The second-order valence-electron chi connectivity index (χ2n) is 5.84. The summed E-state index contributed by atoms with van der Waals surface area (Å²) < 4.78 is 26.7. The summed E-state index contributed by atoms with van der Waals surface area (Å²) in [5.41, 5.74) is 0. The smallest absolute Gasteiger partial charge is 0.243 e. The Morgan fingerprint density at radius 1 is 1.00 bits per heavy atom. The van der Waals surface area contributed by atoms with Crippen LogP contribution in [0, 0.1) is 0 Å². The lowest BCUT2D eigenvalue weighted by Gasteiger charge is -2.34. The molecule has 3 rings (SSSR count). The Morgan fingerprint density at radius 3 is 2.35 bits per heavy atom. The number of nitrogens with zero attached hydrogens (tertiary/aromatic N) is 2. The molecule has 0 aromatic heterocycles. The molecule has 138 valence electrons. The predicted octanol–water partition coefficient (Wildman–Crippen LogP) is 2.97. The fourth-order valence-corrected chi connectivity index (χ4v) is 5.27. The zero-order valence-corrected chi connectivity index (χ0v) is 16.4. The molecular weight excluding hydrogens is 392 g/mol. The molecule has 1 amide bonds. The van der Waals surface area contributed by atoms with E-state index in [0.717, 1.165) is 4.90 Å². The van der Waals surface area contributed by atoms with Crippen LogP contribution in [0.2, 0.25) is 5.02 Å². The third-order valence-corrected chi connectivity index (χ3v) is 7.26. The van der Waals surface area contributed by atoms with Gasteiger partial charge in [0.25, 0.3) is 0 Å². The first-order valence-corrected chi connectivity index (χ1v) is 11.0. The number of piperazine rings is 1. The maximum atomic E-state index is 12.6. The van der Waals surface area contributed by atoms with Crippen LogP contribution in [0.25, 0.3) is 0 Å². The number of hydrogen-bond donors (Lipinski definition) is 0. The van der Waals surface area contributed by atoms with Crippen molar-refractivity contribution in [2.75, 3.05) is 31.9 Å². The van der Waals surface area contributed by atoms with E-state index in [2.05, 4.69) is 0 Å². The van der Waals surface area contributed by atoms with Gasteiger partial charge in [-0.25, -0.2) is 8.42 Å². The van der Waals surface area contributed by atoms with Crippen molar-refractivity contribution in [3.8, 4) is 0 Å². The molecule has 1 aliphatic heterocycles. The Balaban J connectivity index is 1.54. The number of sulfonamides is 1. The quantitative estimate of drug-likeness (QED) is 0.711. The van der Waals surface area contributed by atoms with Crippen molar-refractivity contribution in [1.82, 2.24) is 9.21 Å². The molecule has 2 aromatic carbocycles. The summed E-state index contributed by atoms with van der Waals surface area (Å²) in [6.07, 6.45) is 0. The van der Waals surface area contributed by atoms with E-state index in [4.69, 9.17) is 11.6 Å². The predicted molar refractivity (Wildman–Crippen MR) is 104 cm³/mol. The van der Waals surface area contributed by atoms with Crippen LogP contribution in [0.1, 0.15) is 0 Å². The van der Waals surface area contributed by atoms with Crippen molar-refractivity contribution in [3.05, 3.63) is 59.6 Å². The van der Waals surface area contributed by atoms with E-state index in [1.165, 1.54) is 16.1 Å². The average molecular weight is 411 g/mol. The summed E-state index contributed by atoms with van der Waals surface area (Å²) in [5, 5.41) is 0.641. The molecule has 0 atom stereocenters. The van der Waals surface area contributed by atoms with E-state index >= 15 is 0 Å². The molecular formula is C18H19ClN2O3S2. The fraction of sp³-hybridized carbons (Fsp3) is 0.278. The molecule has 26 heavy (non-hydrogen) atoms. The van der Waals surface area contributed by atoms with Gasteiger partial charge in [0.1, 0.15) is 0 Å². The van der Waals surface area contributed by atoms with Crippen LogP contribution in [0.4, 0.5) is 0 Å². The number of carbonyl (C=O) groups is 1. The van der Waals surface area contributed by atoms with Crippen LogP contribution in [-0.4, -0.2) is 55.5 Å². The van der Waals surface area contributed by atoms with Crippen molar-refractivity contribution in [1.29, 1.82) is 0 Å². The van der Waals surface area contributed by atoms with Crippen LogP contribution in [0.3, 0.4) is 0 Å². The lowest BCUT2D eigenvalue weighted by atomic mass is 10.3. The van der Waals surface area contributed by atoms with Gasteiger partial charge in [-0.05, 0) is 30.3 Å². The van der Waals surface area contributed by atoms with Crippen LogP contribution < -0.4 is 0 Å². The minimum Gasteiger partial charge on any atom is -0.339 e. The van der Waals surface area contributed by atoms with Gasteiger partial charge in [0.05, 0.1) is 10.6 Å². The Morgan fingerprint density at radius 2 is 1.69 bits per heavy atom. The zero-order valence-electron chi connectivity index (χ0n) is 14.0. The van der Waals surface area contributed by atoms with Crippen LogP contribution in [-0.2, 0) is 14.8 Å². The summed E-state index contributed by atoms with van der Waals surface area (Å²) in [6.45, 7) is 1.43. The Bertz CT molecular complexity index is 867. The van der Waals surface area contributed by atoms with E-state index in [1.807, 2.05) is 18.2 Å². The number of thioether (sulfide) groups is 1. The molecule has 1 aliphatic rings. The highest BCUT2D eigenvalue weighted by molar-refractivity contribution is 8.00. The Labute approximate surface area is 163 Å². The first kappa shape index (κ1) is 19.2. The number of benzene rings is 2. The van der Waals surface area contributed by atoms with Gasteiger partial charge in [-0.1, -0.05) is 35.9 Å². The maximum absolute atomic E-state index is 12.6. The second kappa shape index (κ2) is 8.43. The summed E-state index contributed by atoms with van der Waals surface area (Å²) in [6, 6.07) is 15.8. The van der Waals surface area contributed by atoms with Gasteiger partial charge in [-0.2, -0.15) is 4.31 Å². The van der Waals surface area contributed by atoms with Crippen molar-refractivity contribution >= 4 is 39.3 Å². The van der Waals surface area contributed by atoms with Gasteiger partial charge in [-0.3, -0.25) is 4.79 Å². The van der Waals surface area contributed by atoms with E-state index in [0.29, 0.717) is 37.0 Å². The molecule has 0 saturated carbocycles. The average Bonchev–Trinajstić information content (AvgIpc) is 2.67. The number of carbonyl (C=O) groups excluding carboxylic acids is 1. The fourth-order valence-electron chi connectivity index (χ4n) is 2.71. The number of rotatable bonds is 5. The van der Waals surface area contributed by atoms with E-state index < -0.39 is 10.0 Å². The van der Waals surface area contributed by atoms with E-state index in [9.17, 15) is 13.2 Å². The van der Waals surface area contributed by atoms with Gasteiger partial charge in [0, 0.05) is 36.1 Å². The van der Waals surface area contributed by atoms with E-state index in [1.54, 1.807) is 41.3 Å². The minimum atomic E-state index is -3.50. The van der Waals surface area contributed by atoms with E-state index in [-0.39, 0.29) is 10.8 Å². The summed E-state index contributed by atoms with van der Waals surface area (Å²) in [5.74, 6) is 0.318. The first-order chi connectivity index (χ1) is 12.5. The number of halogens is 1. The van der Waals surface area contributed by atoms with Gasteiger partial charge < -0.3 is 4.90 Å². The Hall–Kier alpha value is -1.54. The molecule has 2 aromatic rings. The van der Waals surface area contributed by atoms with Crippen molar-refractivity contribution in [2.45, 2.75) is 9.79 Å². The number of amides is 1. The molecule has 1 saturated heterocycles. The molecule has 0 N–H and O–H groups in total. The first-order valence-electron chi connectivity index (χ1n) is 8.18. The Kier molecular flexibility index (Phi) is 6.24. The molecule has 8 heteroatoms. The molecule has 1 fully saturated rings. The monoisotopic (exact) mass is 410 g/mol. The lowest BCUT2D eigenvalue weighted by Crippen LogP contribution is -2.50. The lowest BCUT2D eigenvalue weighted by molar-refractivity contribution is -0.129. The number of hydrogen-bond acceptors (Lipinski definition) is 4. The van der Waals surface area contributed by atoms with Gasteiger partial charge >= 0.3 is 0 Å². The van der Waals surface area contributed by atoms with Gasteiger partial charge in [0.15, 0.2) is 0 Å². The minimum absolute atomic E-state index is 0.00624. The largest absolute Gasteiger partial charge is 0.339 e. The normalized spacial score (nSPS) is 15.8. The third-order valence-electron chi connectivity index (χ3n) is 4.13. The zero-order chi connectivity index (χ0) is 18.6. The summed E-state index contributed by atoms with van der Waals surface area (Å²) in [7, 11) is -3.50. The molecule has 0 radical (unpaired) electrons. The van der Waals surface area contributed by atoms with Crippen LogP contribution in [0.15, 0.2) is 64.4 Å². The highest BCUT2D eigenvalue weighted by Crippen LogP contribution is 2.22. The van der Waals surface area contributed by atoms with Crippen molar-refractivity contribution in [2.24, 2.45) is 0 Å². The van der Waals surface area contributed by atoms with Crippen molar-refractivity contribution < 1.29 is 13.2 Å². The third kappa shape index (κ3) is 4.59. The van der Waals surface area contributed by atoms with Gasteiger partial charge in [0.2, 0.25) is 15.9 Å². The highest BCUT2D eigenvalue weighted by atomic mass is 35.5. The summed E-state index contributed by atoms with van der Waals surface area (Å²) >= 11 is 7.38. The standard InChI is InChI=1S/C18H19ClN2O3S2/c19-15-5-4-6-16(13-15)25-14-18(22)20-9-11-21(12-10-20)26(23,24)17-7-2-1-3-8-17/h1-8,13H,9-12,14H2. The van der Waals surface area contributed by atoms with Crippen molar-refractivity contribution in [3.63, 3.8) is 0 Å². The molecule has 0 bridgehead atoms. The van der Waals surface area contributed by atoms with Gasteiger partial charge in [-0.15, -0.1) is 11.8 Å². The highest BCUT2D eigenvalue weighted by Gasteiger charge is 2.29. The summed E-state index contributed by atoms with van der Waals surface area (Å²) in [4.78, 5) is 15.3. The molecule has 0 spiro atoms. The topological polar surface area (TPSA) is 57.7 Å². The molecule has 0 aliphatic carbocycles. The second-order valence-corrected chi connectivity index (χ2v) is 9.27.